The molecule has 0 spiro atoms. The number of phenols is 1. The smallest absolute Gasteiger partial charge is 0.146 e. The molecule has 3 unspecified atom stereocenters. The molecule has 0 bridgehead atoms. The van der Waals surface area contributed by atoms with Crippen LogP contribution in [0, 0.1) is 5.92 Å². The Labute approximate surface area is 167 Å². The molecule has 3 atom stereocenters. The van der Waals surface area contributed by atoms with E-state index < -0.39 is 5.92 Å². The van der Waals surface area contributed by atoms with E-state index in [0.29, 0.717) is 28.0 Å². The number of rotatable bonds is 8. The Morgan fingerprint density at radius 2 is 1.82 bits per heavy atom. The zero-order valence-electron chi connectivity index (χ0n) is 15.8. The van der Waals surface area contributed by atoms with E-state index in [-0.39, 0.29) is 29.4 Å². The number of Topliss-reactive ketones (excluding diaryl/α,β-unsaturated/α-hetero) is 1. The van der Waals surface area contributed by atoms with Crippen molar-refractivity contribution in [3.8, 4) is 11.4 Å². The zero-order chi connectivity index (χ0) is 20.3. The molecule has 2 aromatic carbocycles. The second-order valence-corrected chi connectivity index (χ2v) is 8.21. The Bertz CT molecular complexity index is 940. The van der Waals surface area contributed by atoms with Gasteiger partial charge in [0.15, 0.2) is 0 Å². The molecule has 0 aliphatic rings. The second-order valence-electron chi connectivity index (χ2n) is 6.80. The van der Waals surface area contributed by atoms with Gasteiger partial charge in [0.05, 0.1) is 12.5 Å². The van der Waals surface area contributed by atoms with Crippen LogP contribution in [0.1, 0.15) is 25.3 Å². The lowest BCUT2D eigenvalue weighted by molar-refractivity contribution is -0.124. The van der Waals surface area contributed by atoms with Crippen molar-refractivity contribution in [2.75, 3.05) is 12.4 Å². The fourth-order valence-corrected chi connectivity index (χ4v) is 3.72. The summed E-state index contributed by atoms with van der Waals surface area (Å²) in [5, 5.41) is 28.9. The fraction of sp³-hybridized carbons (Fsp3) is 0.350. The standard InChI is InChI=1S/C20H24N4O3S/c1-12(11-28-13(2)21)20(27)15(10-25)14-7-8-19(26)18(9-14)24-22-16-5-3-4-6-17(16)23-24/h3-9,12-13,15,25-26H,10-11,21H2,1-2H3. The Hall–Kier alpha value is -2.42. The number of aromatic hydroxyl groups is 1. The quantitative estimate of drug-likeness (QED) is 0.498. The van der Waals surface area contributed by atoms with E-state index in [9.17, 15) is 15.0 Å². The number of thioether (sulfide) groups is 1. The summed E-state index contributed by atoms with van der Waals surface area (Å²) in [6, 6.07) is 12.2. The second kappa shape index (κ2) is 8.72. The van der Waals surface area contributed by atoms with Crippen molar-refractivity contribution in [2.45, 2.75) is 25.1 Å². The Kier molecular flexibility index (Phi) is 6.33. The van der Waals surface area contributed by atoms with Crippen LogP contribution >= 0.6 is 11.8 Å². The minimum atomic E-state index is -0.687. The Balaban J connectivity index is 1.91. The molecule has 0 radical (unpaired) electrons. The molecule has 28 heavy (non-hydrogen) atoms. The van der Waals surface area contributed by atoms with Gasteiger partial charge in [0.1, 0.15) is 28.3 Å². The summed E-state index contributed by atoms with van der Waals surface area (Å²) in [6.07, 6.45) is 0. The number of aromatic nitrogens is 3. The van der Waals surface area contributed by atoms with Crippen molar-refractivity contribution in [3.05, 3.63) is 48.0 Å². The summed E-state index contributed by atoms with van der Waals surface area (Å²) < 4.78 is 0. The van der Waals surface area contributed by atoms with Crippen molar-refractivity contribution in [3.63, 3.8) is 0 Å². The lowest BCUT2D eigenvalue weighted by Gasteiger charge is -2.19. The molecule has 3 aromatic rings. The van der Waals surface area contributed by atoms with Gasteiger partial charge in [0.2, 0.25) is 0 Å². The maximum atomic E-state index is 12.8. The first-order chi connectivity index (χ1) is 13.4. The number of hydrogen-bond acceptors (Lipinski definition) is 7. The maximum Gasteiger partial charge on any atom is 0.146 e. The van der Waals surface area contributed by atoms with E-state index in [1.807, 2.05) is 38.1 Å². The molecular weight excluding hydrogens is 376 g/mol. The number of carbonyl (C=O) groups excluding carboxylic acids is 1. The van der Waals surface area contributed by atoms with E-state index in [1.54, 1.807) is 12.1 Å². The molecule has 4 N–H and O–H groups in total. The highest BCUT2D eigenvalue weighted by atomic mass is 32.2. The molecule has 0 aliphatic heterocycles. The first-order valence-electron chi connectivity index (χ1n) is 9.08. The monoisotopic (exact) mass is 400 g/mol. The van der Waals surface area contributed by atoms with Crippen LogP contribution in [-0.2, 0) is 4.79 Å². The lowest BCUT2D eigenvalue weighted by Crippen LogP contribution is -2.26. The molecular formula is C20H24N4O3S. The number of nitrogens with zero attached hydrogens (tertiary/aromatic N) is 3. The number of hydrogen-bond donors (Lipinski definition) is 3. The normalized spacial score (nSPS) is 14.7. The van der Waals surface area contributed by atoms with Crippen LogP contribution in [0.2, 0.25) is 0 Å². The number of phenolic OH excluding ortho intramolecular Hbond substituents is 1. The van der Waals surface area contributed by atoms with E-state index in [2.05, 4.69) is 10.2 Å². The third-order valence-corrected chi connectivity index (χ3v) is 5.74. The number of benzene rings is 2. The molecule has 0 aliphatic carbocycles. The number of nitrogens with two attached hydrogens (primary N) is 1. The molecule has 1 aromatic heterocycles. The summed E-state index contributed by atoms with van der Waals surface area (Å²) in [5.41, 5.74) is 8.12. The molecule has 148 valence electrons. The third kappa shape index (κ3) is 4.35. The van der Waals surface area contributed by atoms with Gasteiger partial charge >= 0.3 is 0 Å². The first kappa shape index (κ1) is 20.3. The van der Waals surface area contributed by atoms with Crippen molar-refractivity contribution < 1.29 is 15.0 Å². The van der Waals surface area contributed by atoms with E-state index >= 15 is 0 Å². The van der Waals surface area contributed by atoms with E-state index in [4.69, 9.17) is 5.73 Å². The SMILES string of the molecule is CC(N)SCC(C)C(=O)C(CO)c1ccc(O)c(-n2nc3ccccc3n2)c1. The van der Waals surface area contributed by atoms with Crippen LogP contribution < -0.4 is 5.73 Å². The highest BCUT2D eigenvalue weighted by molar-refractivity contribution is 7.99. The minimum Gasteiger partial charge on any atom is -0.506 e. The van der Waals surface area contributed by atoms with Crippen molar-refractivity contribution in [1.29, 1.82) is 0 Å². The van der Waals surface area contributed by atoms with Crippen LogP contribution in [0.5, 0.6) is 5.75 Å². The van der Waals surface area contributed by atoms with E-state index in [0.717, 1.165) is 0 Å². The number of carbonyl (C=O) groups is 1. The van der Waals surface area contributed by atoms with Gasteiger partial charge in [-0.1, -0.05) is 25.1 Å². The van der Waals surface area contributed by atoms with Gasteiger partial charge in [-0.3, -0.25) is 4.79 Å². The summed E-state index contributed by atoms with van der Waals surface area (Å²) >= 11 is 1.51. The third-order valence-electron chi connectivity index (χ3n) is 4.52. The average molecular weight is 401 g/mol. The molecule has 0 saturated carbocycles. The number of aliphatic hydroxyl groups excluding tert-OH is 1. The van der Waals surface area contributed by atoms with Crippen LogP contribution in [0.25, 0.3) is 16.7 Å². The van der Waals surface area contributed by atoms with Gasteiger partial charge in [0, 0.05) is 17.0 Å². The largest absolute Gasteiger partial charge is 0.506 e. The Morgan fingerprint density at radius 1 is 1.18 bits per heavy atom. The summed E-state index contributed by atoms with van der Waals surface area (Å²) in [5.74, 6) is -0.423. The van der Waals surface area contributed by atoms with Gasteiger partial charge in [-0.05, 0) is 36.8 Å². The Morgan fingerprint density at radius 3 is 2.39 bits per heavy atom. The summed E-state index contributed by atoms with van der Waals surface area (Å²) in [4.78, 5) is 14.2. The van der Waals surface area contributed by atoms with Crippen LogP contribution in [-0.4, -0.2) is 48.7 Å². The molecule has 0 fully saturated rings. The predicted octanol–water partition coefficient (Wildman–Crippen LogP) is 2.45. The van der Waals surface area contributed by atoms with Gasteiger partial charge in [0.25, 0.3) is 0 Å². The zero-order valence-corrected chi connectivity index (χ0v) is 16.6. The van der Waals surface area contributed by atoms with Gasteiger partial charge in [-0.2, -0.15) is 0 Å². The van der Waals surface area contributed by atoms with Gasteiger partial charge in [-0.25, -0.2) is 0 Å². The lowest BCUT2D eigenvalue weighted by atomic mass is 9.89. The van der Waals surface area contributed by atoms with Crippen molar-refractivity contribution >= 4 is 28.6 Å². The van der Waals surface area contributed by atoms with E-state index in [1.165, 1.54) is 22.6 Å². The topological polar surface area (TPSA) is 114 Å². The first-order valence-corrected chi connectivity index (χ1v) is 10.1. The molecule has 1 heterocycles. The maximum absolute atomic E-state index is 12.8. The van der Waals surface area contributed by atoms with Crippen LogP contribution in [0.3, 0.4) is 0 Å². The number of fused-ring (bicyclic) bond motifs is 1. The summed E-state index contributed by atoms with van der Waals surface area (Å²) in [7, 11) is 0. The molecule has 8 heteroatoms. The highest BCUT2D eigenvalue weighted by Gasteiger charge is 2.26. The molecule has 7 nitrogen and oxygen atoms in total. The highest BCUT2D eigenvalue weighted by Crippen LogP contribution is 2.29. The number of aliphatic hydroxyl groups is 1. The average Bonchev–Trinajstić information content (AvgIpc) is 3.11. The van der Waals surface area contributed by atoms with Crippen LogP contribution in [0.15, 0.2) is 42.5 Å². The van der Waals surface area contributed by atoms with Gasteiger partial charge in [-0.15, -0.1) is 26.8 Å². The summed E-state index contributed by atoms with van der Waals surface area (Å²) in [6.45, 7) is 3.40. The number of ketones is 1. The molecule has 0 saturated heterocycles. The molecule has 3 rings (SSSR count). The van der Waals surface area contributed by atoms with Crippen molar-refractivity contribution in [1.82, 2.24) is 15.0 Å². The minimum absolute atomic E-state index is 0.00578. The van der Waals surface area contributed by atoms with Gasteiger partial charge < -0.3 is 15.9 Å². The predicted molar refractivity (Wildman–Crippen MR) is 111 cm³/mol. The van der Waals surface area contributed by atoms with Crippen LogP contribution in [0.4, 0.5) is 0 Å². The fourth-order valence-electron chi connectivity index (χ4n) is 2.97. The molecule has 0 amide bonds. The van der Waals surface area contributed by atoms with Crippen molar-refractivity contribution in [2.24, 2.45) is 11.7 Å².